The van der Waals surface area contributed by atoms with E-state index in [9.17, 15) is 0 Å². The zero-order valence-corrected chi connectivity index (χ0v) is 19.2. The predicted octanol–water partition coefficient (Wildman–Crippen LogP) is 4.78. The lowest BCUT2D eigenvalue weighted by molar-refractivity contribution is 0.660. The Morgan fingerprint density at radius 1 is 0.967 bits per heavy atom. The van der Waals surface area contributed by atoms with Gasteiger partial charge >= 0.3 is 0 Å². The van der Waals surface area contributed by atoms with Gasteiger partial charge < -0.3 is 16.0 Å². The van der Waals surface area contributed by atoms with Gasteiger partial charge in [-0.2, -0.15) is 0 Å². The molecule has 1 aromatic heterocycles. The Morgan fingerprint density at radius 3 is 2.30 bits per heavy atom. The van der Waals surface area contributed by atoms with E-state index in [1.54, 1.807) is 0 Å². The predicted molar refractivity (Wildman–Crippen MR) is 135 cm³/mol. The van der Waals surface area contributed by atoms with Crippen molar-refractivity contribution in [3.8, 4) is 0 Å². The number of hydrogen-bond acceptors (Lipinski definition) is 6. The van der Waals surface area contributed by atoms with Gasteiger partial charge in [0, 0.05) is 41.8 Å². The second-order valence-corrected chi connectivity index (χ2v) is 9.54. The van der Waals surface area contributed by atoms with Gasteiger partial charge in [-0.05, 0) is 55.9 Å². The SMILES string of the molecule is C=C1CCCc2cnc(nc2)Nc2ccc(S(=C)(=C)N)c(c2)NCCCCN1.CC. The lowest BCUT2D eigenvalue weighted by Crippen LogP contribution is -2.15. The highest BCUT2D eigenvalue weighted by Crippen LogP contribution is 2.34. The van der Waals surface area contributed by atoms with Crippen LogP contribution in [0.4, 0.5) is 17.3 Å². The fourth-order valence-corrected chi connectivity index (χ4v) is 4.02. The number of benzene rings is 1. The highest BCUT2D eigenvalue weighted by molar-refractivity contribution is 8.26. The molecule has 0 fully saturated rings. The van der Waals surface area contributed by atoms with Gasteiger partial charge in [0.15, 0.2) is 0 Å². The third-order valence-electron chi connectivity index (χ3n) is 4.62. The van der Waals surface area contributed by atoms with Crippen LogP contribution in [0.5, 0.6) is 0 Å². The molecule has 4 bridgehead atoms. The van der Waals surface area contributed by atoms with Gasteiger partial charge in [-0.3, -0.25) is 5.14 Å². The lowest BCUT2D eigenvalue weighted by atomic mass is 10.1. The number of nitrogens with two attached hydrogens (primary N) is 1. The molecule has 4 rings (SSSR count). The zero-order valence-electron chi connectivity index (χ0n) is 18.3. The molecule has 6 nitrogen and oxygen atoms in total. The lowest BCUT2D eigenvalue weighted by Gasteiger charge is -2.18. The minimum absolute atomic E-state index is 0.574. The van der Waals surface area contributed by atoms with Crippen LogP contribution in [-0.2, 0) is 6.42 Å². The van der Waals surface area contributed by atoms with Crippen LogP contribution in [0, 0.1) is 0 Å². The first kappa shape index (κ1) is 23.8. The molecule has 5 N–H and O–H groups in total. The van der Waals surface area contributed by atoms with E-state index in [0.29, 0.717) is 5.95 Å². The molecule has 2 aliphatic rings. The van der Waals surface area contributed by atoms with Crippen LogP contribution in [0.1, 0.15) is 45.1 Å². The number of aromatic nitrogens is 2. The fraction of sp³-hybridized carbons (Fsp3) is 0.391. The summed E-state index contributed by atoms with van der Waals surface area (Å²) in [5.41, 5.74) is 4.08. The van der Waals surface area contributed by atoms with Crippen molar-refractivity contribution in [2.45, 2.75) is 50.8 Å². The first-order chi connectivity index (χ1) is 14.4. The highest BCUT2D eigenvalue weighted by atomic mass is 32.2. The maximum absolute atomic E-state index is 6.24. The maximum atomic E-state index is 6.24. The molecule has 0 aliphatic carbocycles. The van der Waals surface area contributed by atoms with E-state index in [2.05, 4.69) is 44.2 Å². The van der Waals surface area contributed by atoms with Crippen molar-refractivity contribution in [1.29, 1.82) is 0 Å². The van der Waals surface area contributed by atoms with Gasteiger partial charge in [0.2, 0.25) is 5.95 Å². The van der Waals surface area contributed by atoms with Crippen molar-refractivity contribution in [3.63, 3.8) is 0 Å². The number of rotatable bonds is 1. The standard InChI is InChI=1S/C21H30N6S.C2H6/c1-16-7-6-8-17-14-25-21(26-15-17)27-18-9-10-20(28(2,3)22)19(13-18)24-12-5-4-11-23-16;1-2/h9-10,13-15,23-24H,1-8,11-12,22H2,(H,25,26,27);1-2H3. The number of fused-ring (bicyclic) bond motifs is 11. The second kappa shape index (κ2) is 11.6. The van der Waals surface area contributed by atoms with Gasteiger partial charge in [0.25, 0.3) is 0 Å². The van der Waals surface area contributed by atoms with Gasteiger partial charge in [-0.15, -0.1) is 9.39 Å². The van der Waals surface area contributed by atoms with Crippen LogP contribution < -0.4 is 21.1 Å². The molecule has 0 amide bonds. The average Bonchev–Trinajstić information content (AvgIpc) is 2.72. The van der Waals surface area contributed by atoms with Crippen molar-refractivity contribution in [2.75, 3.05) is 23.7 Å². The molecular formula is C23H36N6S. The molecule has 0 saturated carbocycles. The molecule has 2 aromatic rings. The summed E-state index contributed by atoms with van der Waals surface area (Å²) in [4.78, 5) is 9.84. The van der Waals surface area contributed by atoms with Gasteiger partial charge in [-0.25, -0.2) is 9.97 Å². The van der Waals surface area contributed by atoms with E-state index in [-0.39, 0.29) is 0 Å². The Hall–Kier alpha value is -2.51. The number of nitrogens with one attached hydrogen (secondary N) is 3. The number of allylic oxidation sites excluding steroid dienone is 1. The minimum atomic E-state index is -1.83. The minimum Gasteiger partial charge on any atom is -0.389 e. The number of hydrogen-bond donors (Lipinski definition) is 4. The summed E-state index contributed by atoms with van der Waals surface area (Å²) in [7, 11) is -1.83. The largest absolute Gasteiger partial charge is 0.389 e. The highest BCUT2D eigenvalue weighted by Gasteiger charge is 2.08. The Balaban J connectivity index is 0.00000155. The van der Waals surface area contributed by atoms with Crippen LogP contribution in [0.2, 0.25) is 0 Å². The Kier molecular flexibility index (Phi) is 9.20. The Morgan fingerprint density at radius 2 is 1.63 bits per heavy atom. The molecule has 1 aromatic carbocycles. The molecule has 0 saturated heterocycles. The number of anilines is 3. The molecular weight excluding hydrogens is 392 g/mol. The van der Waals surface area contributed by atoms with E-state index < -0.39 is 9.39 Å². The van der Waals surface area contributed by atoms with Crippen molar-refractivity contribution in [2.24, 2.45) is 5.14 Å². The summed E-state index contributed by atoms with van der Waals surface area (Å²) >= 11 is 0. The molecule has 7 heteroatoms. The van der Waals surface area contributed by atoms with E-state index in [1.807, 2.05) is 44.4 Å². The van der Waals surface area contributed by atoms with E-state index in [4.69, 9.17) is 5.14 Å². The van der Waals surface area contributed by atoms with Gasteiger partial charge in [0.05, 0.1) is 5.69 Å². The third-order valence-corrected chi connectivity index (χ3v) is 5.85. The van der Waals surface area contributed by atoms with E-state index in [1.165, 1.54) is 0 Å². The molecule has 164 valence electrons. The summed E-state index contributed by atoms with van der Waals surface area (Å²) in [6.07, 6.45) is 8.81. The first-order valence-corrected chi connectivity index (χ1v) is 12.6. The molecule has 30 heavy (non-hydrogen) atoms. The Bertz CT molecular complexity index is 919. The molecule has 0 atom stereocenters. The fourth-order valence-electron chi connectivity index (χ4n) is 3.11. The normalized spacial score (nSPS) is 15.4. The molecule has 2 aliphatic heterocycles. The van der Waals surface area contributed by atoms with Crippen LogP contribution in [0.25, 0.3) is 0 Å². The summed E-state index contributed by atoms with van der Waals surface area (Å²) in [6.45, 7) is 9.91. The Labute approximate surface area is 182 Å². The van der Waals surface area contributed by atoms with E-state index in [0.717, 1.165) is 72.7 Å². The van der Waals surface area contributed by atoms with Crippen LogP contribution >= 0.6 is 9.39 Å². The molecule has 0 unspecified atom stereocenters. The summed E-state index contributed by atoms with van der Waals surface area (Å²) in [6, 6.07) is 5.98. The van der Waals surface area contributed by atoms with Crippen molar-refractivity contribution < 1.29 is 0 Å². The summed E-state index contributed by atoms with van der Waals surface area (Å²) in [5, 5.41) is 16.4. The van der Waals surface area contributed by atoms with Crippen molar-refractivity contribution in [1.82, 2.24) is 15.3 Å². The second-order valence-electron chi connectivity index (χ2n) is 7.21. The van der Waals surface area contributed by atoms with Gasteiger partial charge in [0.1, 0.15) is 0 Å². The average molecular weight is 429 g/mol. The first-order valence-electron chi connectivity index (χ1n) is 10.6. The summed E-state index contributed by atoms with van der Waals surface area (Å²) < 4.78 is 0. The van der Waals surface area contributed by atoms with Crippen molar-refractivity contribution in [3.05, 3.63) is 48.4 Å². The monoisotopic (exact) mass is 428 g/mol. The van der Waals surface area contributed by atoms with E-state index >= 15 is 0 Å². The molecule has 0 radical (unpaired) electrons. The topological polar surface area (TPSA) is 87.9 Å². The van der Waals surface area contributed by atoms with Crippen LogP contribution in [0.15, 0.2) is 47.8 Å². The molecule has 3 heterocycles. The molecule has 0 spiro atoms. The zero-order chi connectivity index (χ0) is 22.0. The van der Waals surface area contributed by atoms with Crippen LogP contribution in [0.3, 0.4) is 0 Å². The quantitative estimate of drug-likeness (QED) is 0.489. The maximum Gasteiger partial charge on any atom is 0.227 e. The van der Waals surface area contributed by atoms with Gasteiger partial charge in [-0.1, -0.05) is 32.2 Å². The number of nitrogens with zero attached hydrogens (tertiary/aromatic N) is 2. The smallest absolute Gasteiger partial charge is 0.227 e. The van der Waals surface area contributed by atoms with Crippen molar-refractivity contribution >= 4 is 38.5 Å². The number of aryl methyl sites for hydroxylation is 1. The van der Waals surface area contributed by atoms with Crippen LogP contribution in [-0.4, -0.2) is 34.8 Å². The third kappa shape index (κ3) is 7.39. The summed E-state index contributed by atoms with van der Waals surface area (Å²) in [5.74, 6) is 8.70.